The lowest BCUT2D eigenvalue weighted by Gasteiger charge is -2.29. The van der Waals surface area contributed by atoms with Gasteiger partial charge >= 0.3 is 17.9 Å². The number of carboxylic acid groups (broad SMARTS) is 3. The van der Waals surface area contributed by atoms with Gasteiger partial charge in [0.2, 0.25) is 59.1 Å². The largest absolute Gasteiger partial charge is 0.481 e. The number of nitrogens with zero attached hydrogens (tertiary/aromatic N) is 1. The minimum Gasteiger partial charge on any atom is -0.481 e. The summed E-state index contributed by atoms with van der Waals surface area (Å²) in [5.74, 6) is -17.2. The van der Waals surface area contributed by atoms with Crippen molar-refractivity contribution in [2.24, 2.45) is 29.2 Å². The van der Waals surface area contributed by atoms with Gasteiger partial charge in [-0.1, -0.05) is 54.4 Å². The van der Waals surface area contributed by atoms with Gasteiger partial charge in [0.15, 0.2) is 0 Å². The predicted octanol–water partition coefficient (Wildman–Crippen LogP) is -6.96. The zero-order chi connectivity index (χ0) is 62.4. The molecule has 0 radical (unpaired) electrons. The SMILES string of the molecule is CC[C@H](C)[C@H](NC(=O)[C@H](CO)NC(=O)[C@H](CO)NC(=O)[C@H](CC(C)C)NC(=O)[C@@H](N)CCCCN)C(=O)N[C@@H](CC(=O)O)C(=O)N[C@@H](CO)C(=O)N[C@@H](CC(=O)O)C(=O)N[C@H](C(=O)NCCC(=O)N[C@@H](Cc1c[nH]cn1)C(=O)O)C(C)C. The summed E-state index contributed by atoms with van der Waals surface area (Å²) in [7, 11) is 0. The molecular weight excluding hydrogens is 1090 g/mol. The van der Waals surface area contributed by atoms with Crippen LogP contribution in [0, 0.1) is 17.8 Å². The van der Waals surface area contributed by atoms with Crippen molar-refractivity contribution in [3.8, 4) is 0 Å². The van der Waals surface area contributed by atoms with Crippen LogP contribution in [-0.2, 0) is 68.7 Å². The second-order valence-electron chi connectivity index (χ2n) is 20.0. The fourth-order valence-corrected chi connectivity index (χ4v) is 7.55. The number of aromatic amines is 1. The molecule has 0 saturated carbocycles. The third kappa shape index (κ3) is 26.1. The van der Waals surface area contributed by atoms with Crippen molar-refractivity contribution in [2.45, 2.75) is 160 Å². The van der Waals surface area contributed by atoms with Crippen LogP contribution in [0.5, 0.6) is 0 Å². The standard InChI is InChI=1S/C49H82N14O19/c1-7-25(6)39(63-46(78)34(21-66)61-45(77)33(20-65)59-41(73)28(14-23(2)3)56-40(72)27(51)10-8-9-12-50)48(80)58-29(16-36(68)69)42(74)60-32(19-64)44(76)57-30(17-37(70)71)43(75)62-38(24(4)5)47(79)53-13-11-35(67)55-31(49(81)82)15-26-18-52-22-54-26/h18,22-25,27-34,38-39,64-66H,7-17,19-21,50-51H2,1-6H3,(H,52,54)(H,53,79)(H,55,67)(H,56,72)(H,57,76)(H,58,80)(H,59,73)(H,60,74)(H,61,77)(H,62,75)(H,63,78)(H,68,69)(H,70,71)(H,81,82)/t25-,27-,28-,29-,30-,31-,32-,33-,34-,38-,39-/m0/s1. The average Bonchev–Trinajstić information content (AvgIpc) is 3.93. The van der Waals surface area contributed by atoms with Crippen LogP contribution in [0.25, 0.3) is 0 Å². The smallest absolute Gasteiger partial charge is 0.326 e. The fraction of sp³-hybridized carbons (Fsp3) is 0.673. The maximum Gasteiger partial charge on any atom is 0.326 e. The van der Waals surface area contributed by atoms with Gasteiger partial charge in [-0.2, -0.15) is 0 Å². The lowest BCUT2D eigenvalue weighted by Crippen LogP contribution is -2.62. The normalized spacial score (nSPS) is 15.2. The van der Waals surface area contributed by atoms with E-state index in [0.29, 0.717) is 25.1 Å². The van der Waals surface area contributed by atoms with Gasteiger partial charge in [0.1, 0.15) is 54.4 Å². The number of aliphatic hydroxyl groups is 3. The average molecular weight is 1170 g/mol. The number of nitrogens with one attached hydrogen (secondary N) is 11. The fourth-order valence-electron chi connectivity index (χ4n) is 7.55. The first kappa shape index (κ1) is 72.1. The van der Waals surface area contributed by atoms with Gasteiger partial charge in [0.25, 0.3) is 0 Å². The molecule has 21 N–H and O–H groups in total. The highest BCUT2D eigenvalue weighted by molar-refractivity contribution is 5.99. The van der Waals surface area contributed by atoms with Crippen molar-refractivity contribution in [1.82, 2.24) is 63.1 Å². The maximum atomic E-state index is 13.8. The monoisotopic (exact) mass is 1170 g/mol. The van der Waals surface area contributed by atoms with E-state index in [1.54, 1.807) is 20.8 Å². The lowest BCUT2D eigenvalue weighted by atomic mass is 9.97. The number of aromatic nitrogens is 2. The van der Waals surface area contributed by atoms with Gasteiger partial charge in [-0.25, -0.2) is 9.78 Å². The summed E-state index contributed by atoms with van der Waals surface area (Å²) in [6.45, 7) is 6.17. The van der Waals surface area contributed by atoms with E-state index in [9.17, 15) is 93.0 Å². The summed E-state index contributed by atoms with van der Waals surface area (Å²) in [4.78, 5) is 175. The maximum absolute atomic E-state index is 13.8. The quantitative estimate of drug-likeness (QED) is 0.0272. The van der Waals surface area contributed by atoms with Crippen molar-refractivity contribution in [3.63, 3.8) is 0 Å². The van der Waals surface area contributed by atoms with Crippen LogP contribution in [0.3, 0.4) is 0 Å². The number of H-pyrrole nitrogens is 1. The van der Waals surface area contributed by atoms with Crippen molar-refractivity contribution < 1.29 is 93.0 Å². The highest BCUT2D eigenvalue weighted by Gasteiger charge is 2.37. The Labute approximate surface area is 472 Å². The minimum atomic E-state index is -2.07. The summed E-state index contributed by atoms with van der Waals surface area (Å²) < 4.78 is 0. The number of aliphatic hydroxyl groups excluding tert-OH is 3. The highest BCUT2D eigenvalue weighted by Crippen LogP contribution is 2.12. The summed E-state index contributed by atoms with van der Waals surface area (Å²) in [6, 6.07) is -16.3. The van der Waals surface area contributed by atoms with Crippen molar-refractivity contribution in [3.05, 3.63) is 18.2 Å². The third-order valence-electron chi connectivity index (χ3n) is 12.4. The number of unbranched alkanes of at least 4 members (excludes halogenated alkanes) is 1. The van der Waals surface area contributed by atoms with Crippen LogP contribution in [-0.4, -0.2) is 211 Å². The van der Waals surface area contributed by atoms with Gasteiger partial charge < -0.3 is 100 Å². The molecule has 10 amide bonds. The molecule has 1 aromatic rings. The Morgan fingerprint density at radius 2 is 1.01 bits per heavy atom. The van der Waals surface area contributed by atoms with Gasteiger partial charge in [-0.05, 0) is 43.6 Å². The van der Waals surface area contributed by atoms with Crippen LogP contribution in [0.15, 0.2) is 12.5 Å². The van der Waals surface area contributed by atoms with Crippen molar-refractivity contribution in [1.29, 1.82) is 0 Å². The number of carbonyl (C=O) groups is 13. The Morgan fingerprint density at radius 1 is 0.561 bits per heavy atom. The Hall–Kier alpha value is -7.88. The number of carbonyl (C=O) groups excluding carboxylic acids is 10. The molecule has 0 spiro atoms. The topological polar surface area (TPSA) is 544 Å². The Kier molecular flexibility index (Phi) is 32.7. The molecule has 82 heavy (non-hydrogen) atoms. The first-order chi connectivity index (χ1) is 38.5. The number of rotatable bonds is 40. The van der Waals surface area contributed by atoms with E-state index in [1.165, 1.54) is 33.3 Å². The number of nitrogens with two attached hydrogens (primary N) is 2. The molecule has 33 nitrogen and oxygen atoms in total. The summed E-state index contributed by atoms with van der Waals surface area (Å²) >= 11 is 0. The number of imidazole rings is 1. The molecular formula is C49H82N14O19. The lowest BCUT2D eigenvalue weighted by molar-refractivity contribution is -0.142. The molecule has 1 heterocycles. The van der Waals surface area contributed by atoms with Gasteiger partial charge in [0.05, 0.1) is 50.7 Å². The zero-order valence-electron chi connectivity index (χ0n) is 46.7. The minimum absolute atomic E-state index is 0.0874. The highest BCUT2D eigenvalue weighted by atomic mass is 16.4. The van der Waals surface area contributed by atoms with E-state index in [1.807, 2.05) is 10.6 Å². The van der Waals surface area contributed by atoms with Crippen LogP contribution in [0.1, 0.15) is 98.6 Å². The molecule has 1 rings (SSSR count). The molecule has 0 aliphatic heterocycles. The first-order valence-corrected chi connectivity index (χ1v) is 26.5. The number of hydrogen-bond acceptors (Lipinski definition) is 19. The molecule has 0 saturated heterocycles. The molecule has 0 unspecified atom stereocenters. The van der Waals surface area contributed by atoms with E-state index in [4.69, 9.17) is 11.5 Å². The van der Waals surface area contributed by atoms with Crippen LogP contribution in [0.2, 0.25) is 0 Å². The Balaban J connectivity index is 3.17. The van der Waals surface area contributed by atoms with E-state index in [2.05, 4.69) is 52.5 Å². The Bertz CT molecular complexity index is 2320. The Morgan fingerprint density at radius 3 is 1.45 bits per heavy atom. The molecule has 11 atom stereocenters. The molecule has 0 aliphatic carbocycles. The van der Waals surface area contributed by atoms with E-state index in [0.717, 1.165) is 0 Å². The van der Waals surface area contributed by atoms with Crippen LogP contribution in [0.4, 0.5) is 0 Å². The van der Waals surface area contributed by atoms with E-state index in [-0.39, 0.29) is 38.1 Å². The van der Waals surface area contributed by atoms with Crippen LogP contribution < -0.4 is 64.6 Å². The molecule has 1 aromatic heterocycles. The second-order valence-corrected chi connectivity index (χ2v) is 20.0. The number of hydrogen-bond donors (Lipinski definition) is 19. The molecule has 462 valence electrons. The zero-order valence-corrected chi connectivity index (χ0v) is 46.7. The van der Waals surface area contributed by atoms with Gasteiger partial charge in [-0.3, -0.25) is 57.5 Å². The van der Waals surface area contributed by atoms with E-state index < -0.39 is 188 Å². The molecule has 33 heteroatoms. The van der Waals surface area contributed by atoms with Crippen molar-refractivity contribution in [2.75, 3.05) is 32.9 Å². The molecule has 0 aliphatic rings. The van der Waals surface area contributed by atoms with Crippen LogP contribution >= 0.6 is 0 Å². The molecule has 0 aromatic carbocycles. The van der Waals surface area contributed by atoms with Crippen molar-refractivity contribution >= 4 is 77.0 Å². The number of amides is 10. The summed E-state index contributed by atoms with van der Waals surface area (Å²) in [5.41, 5.74) is 11.8. The molecule has 0 fully saturated rings. The number of aliphatic carboxylic acids is 3. The molecule has 0 bridgehead atoms. The van der Waals surface area contributed by atoms with Gasteiger partial charge in [0, 0.05) is 25.6 Å². The van der Waals surface area contributed by atoms with E-state index >= 15 is 0 Å². The predicted molar refractivity (Wildman–Crippen MR) is 285 cm³/mol. The second kappa shape index (κ2) is 37.2. The first-order valence-electron chi connectivity index (χ1n) is 26.5. The third-order valence-corrected chi connectivity index (χ3v) is 12.4. The summed E-state index contributed by atoms with van der Waals surface area (Å²) in [5, 5.41) is 81.8. The summed E-state index contributed by atoms with van der Waals surface area (Å²) in [6.07, 6.45) is 1.57. The van der Waals surface area contributed by atoms with Gasteiger partial charge in [-0.15, -0.1) is 0 Å². The number of carboxylic acids is 3.